The standard InChI is InChI=1S/C20H19N3O5/c1-13(15-7-8-16-17(11-15)27-10-9-26-16)21-18(24)12-23-19(22-28-20(23)25)14-5-3-2-4-6-14/h2-8,11,13H,9-10,12H2,1H3,(H,21,24)/t13-/m0/s1. The molecule has 1 aliphatic heterocycles. The van der Waals surface area contributed by atoms with Gasteiger partial charge in [-0.3, -0.25) is 9.32 Å². The van der Waals surface area contributed by atoms with Crippen LogP contribution < -0.4 is 20.5 Å². The number of rotatable bonds is 5. The number of hydrogen-bond donors (Lipinski definition) is 1. The van der Waals surface area contributed by atoms with Crippen LogP contribution >= 0.6 is 0 Å². The second-order valence-electron chi connectivity index (χ2n) is 6.42. The van der Waals surface area contributed by atoms with Crippen molar-refractivity contribution in [2.24, 2.45) is 0 Å². The number of carbonyl (C=O) groups is 1. The monoisotopic (exact) mass is 381 g/mol. The van der Waals surface area contributed by atoms with Gasteiger partial charge >= 0.3 is 5.76 Å². The Morgan fingerprint density at radius 3 is 2.68 bits per heavy atom. The normalized spacial score (nSPS) is 13.8. The van der Waals surface area contributed by atoms with Crippen LogP contribution in [0, 0.1) is 0 Å². The Morgan fingerprint density at radius 1 is 1.14 bits per heavy atom. The third kappa shape index (κ3) is 3.62. The zero-order chi connectivity index (χ0) is 19.5. The van der Waals surface area contributed by atoms with Crippen molar-refractivity contribution in [3.63, 3.8) is 0 Å². The van der Waals surface area contributed by atoms with Gasteiger partial charge in [0.05, 0.1) is 6.04 Å². The van der Waals surface area contributed by atoms with Crippen molar-refractivity contribution >= 4 is 5.91 Å². The summed E-state index contributed by atoms with van der Waals surface area (Å²) in [6.45, 7) is 2.69. The number of fused-ring (bicyclic) bond motifs is 1. The molecule has 1 N–H and O–H groups in total. The second-order valence-corrected chi connectivity index (χ2v) is 6.42. The summed E-state index contributed by atoms with van der Waals surface area (Å²) >= 11 is 0. The lowest BCUT2D eigenvalue weighted by molar-refractivity contribution is -0.122. The molecule has 0 bridgehead atoms. The number of ether oxygens (including phenoxy) is 2. The number of benzene rings is 2. The van der Waals surface area contributed by atoms with Crippen LogP contribution in [0.25, 0.3) is 11.4 Å². The first-order valence-corrected chi connectivity index (χ1v) is 8.92. The summed E-state index contributed by atoms with van der Waals surface area (Å²) in [5, 5.41) is 6.67. The quantitative estimate of drug-likeness (QED) is 0.728. The van der Waals surface area contributed by atoms with Crippen LogP contribution in [0.15, 0.2) is 57.8 Å². The Hall–Kier alpha value is -3.55. The Balaban J connectivity index is 1.48. The number of carbonyl (C=O) groups excluding carboxylic acids is 1. The molecule has 4 rings (SSSR count). The fourth-order valence-electron chi connectivity index (χ4n) is 3.05. The lowest BCUT2D eigenvalue weighted by Gasteiger charge is -2.21. The van der Waals surface area contributed by atoms with Crippen molar-refractivity contribution in [2.45, 2.75) is 19.5 Å². The van der Waals surface area contributed by atoms with Crippen LogP contribution in [-0.2, 0) is 11.3 Å². The Kier molecular flexibility index (Phi) is 4.84. The van der Waals surface area contributed by atoms with Gasteiger partial charge in [0.25, 0.3) is 0 Å². The first kappa shape index (κ1) is 17.8. The molecule has 0 saturated carbocycles. The van der Waals surface area contributed by atoms with Gasteiger partial charge in [0, 0.05) is 5.56 Å². The predicted molar refractivity (Wildman–Crippen MR) is 100 cm³/mol. The molecule has 1 atom stereocenters. The maximum absolute atomic E-state index is 12.5. The summed E-state index contributed by atoms with van der Waals surface area (Å²) in [6, 6.07) is 14.4. The van der Waals surface area contributed by atoms with Gasteiger partial charge in [-0.05, 0) is 24.6 Å². The summed E-state index contributed by atoms with van der Waals surface area (Å²) < 4.78 is 17.1. The van der Waals surface area contributed by atoms with Gasteiger partial charge in [0.15, 0.2) is 17.3 Å². The molecule has 0 spiro atoms. The van der Waals surface area contributed by atoms with Crippen molar-refractivity contribution in [3.8, 4) is 22.9 Å². The first-order valence-electron chi connectivity index (χ1n) is 8.92. The van der Waals surface area contributed by atoms with Crippen molar-refractivity contribution in [1.82, 2.24) is 15.0 Å². The van der Waals surface area contributed by atoms with Crippen LogP contribution in [0.2, 0.25) is 0 Å². The highest BCUT2D eigenvalue weighted by atomic mass is 16.6. The molecule has 2 heterocycles. The third-order valence-electron chi connectivity index (χ3n) is 4.46. The molecule has 0 fully saturated rings. The van der Waals surface area contributed by atoms with Gasteiger partial charge in [0.2, 0.25) is 5.91 Å². The SMILES string of the molecule is C[C@H](NC(=O)Cn1c(-c2ccccc2)noc1=O)c1ccc2c(c1)OCCO2. The minimum atomic E-state index is -0.680. The predicted octanol–water partition coefficient (Wildman–Crippen LogP) is 2.15. The van der Waals surface area contributed by atoms with Crippen molar-refractivity contribution in [2.75, 3.05) is 13.2 Å². The van der Waals surface area contributed by atoms with Crippen LogP contribution in [0.5, 0.6) is 11.5 Å². The van der Waals surface area contributed by atoms with Gasteiger partial charge in [-0.1, -0.05) is 41.6 Å². The summed E-state index contributed by atoms with van der Waals surface area (Å²) in [5.41, 5.74) is 1.57. The average Bonchev–Trinajstić information content (AvgIpc) is 3.08. The van der Waals surface area contributed by atoms with E-state index < -0.39 is 5.76 Å². The molecular weight excluding hydrogens is 362 g/mol. The zero-order valence-electron chi connectivity index (χ0n) is 15.3. The number of amides is 1. The summed E-state index contributed by atoms with van der Waals surface area (Å²) in [7, 11) is 0. The summed E-state index contributed by atoms with van der Waals surface area (Å²) in [4.78, 5) is 24.5. The average molecular weight is 381 g/mol. The topological polar surface area (TPSA) is 95.6 Å². The highest BCUT2D eigenvalue weighted by molar-refractivity contribution is 5.77. The van der Waals surface area contributed by atoms with Gasteiger partial charge < -0.3 is 14.8 Å². The number of hydrogen-bond acceptors (Lipinski definition) is 6. The zero-order valence-corrected chi connectivity index (χ0v) is 15.3. The molecule has 0 saturated heterocycles. The molecule has 144 valence electrons. The van der Waals surface area contributed by atoms with Gasteiger partial charge in [0.1, 0.15) is 19.8 Å². The van der Waals surface area contributed by atoms with E-state index in [9.17, 15) is 9.59 Å². The molecular formula is C20H19N3O5. The Morgan fingerprint density at radius 2 is 1.89 bits per heavy atom. The molecule has 1 aromatic heterocycles. The van der Waals surface area contributed by atoms with Crippen LogP contribution in [0.3, 0.4) is 0 Å². The number of nitrogens with one attached hydrogen (secondary N) is 1. The Bertz CT molecular complexity index is 1040. The minimum absolute atomic E-state index is 0.193. The van der Waals surface area contributed by atoms with E-state index in [1.165, 1.54) is 4.57 Å². The molecule has 1 amide bonds. The second kappa shape index (κ2) is 7.59. The fourth-order valence-corrected chi connectivity index (χ4v) is 3.05. The highest BCUT2D eigenvalue weighted by Gasteiger charge is 2.19. The number of aromatic nitrogens is 2. The maximum Gasteiger partial charge on any atom is 0.442 e. The van der Waals surface area contributed by atoms with Crippen LogP contribution in [0.4, 0.5) is 0 Å². The molecule has 1 aliphatic rings. The maximum atomic E-state index is 12.5. The van der Waals surface area contributed by atoms with Crippen LogP contribution in [-0.4, -0.2) is 28.8 Å². The van der Waals surface area contributed by atoms with Crippen LogP contribution in [0.1, 0.15) is 18.5 Å². The largest absolute Gasteiger partial charge is 0.486 e. The molecule has 0 unspecified atom stereocenters. The minimum Gasteiger partial charge on any atom is -0.486 e. The van der Waals surface area contributed by atoms with E-state index in [1.54, 1.807) is 12.1 Å². The van der Waals surface area contributed by atoms with Crippen molar-refractivity contribution in [1.29, 1.82) is 0 Å². The molecule has 3 aromatic rings. The molecule has 0 radical (unpaired) electrons. The summed E-state index contributed by atoms with van der Waals surface area (Å²) in [6.07, 6.45) is 0. The van der Waals surface area contributed by atoms with Crippen molar-refractivity contribution in [3.05, 3.63) is 64.6 Å². The molecule has 8 nitrogen and oxygen atoms in total. The highest BCUT2D eigenvalue weighted by Crippen LogP contribution is 2.32. The lowest BCUT2D eigenvalue weighted by Crippen LogP contribution is -2.33. The van der Waals surface area contributed by atoms with E-state index in [2.05, 4.69) is 10.5 Å². The smallest absolute Gasteiger partial charge is 0.442 e. The van der Waals surface area contributed by atoms with Gasteiger partial charge in [-0.2, -0.15) is 0 Å². The fraction of sp³-hybridized carbons (Fsp3) is 0.250. The van der Waals surface area contributed by atoms with E-state index in [0.717, 1.165) is 5.56 Å². The van der Waals surface area contributed by atoms with E-state index in [1.807, 2.05) is 43.3 Å². The lowest BCUT2D eigenvalue weighted by atomic mass is 10.1. The molecule has 0 aliphatic carbocycles. The van der Waals surface area contributed by atoms with Gasteiger partial charge in [-0.25, -0.2) is 9.36 Å². The van der Waals surface area contributed by atoms with E-state index in [0.29, 0.717) is 36.1 Å². The van der Waals surface area contributed by atoms with E-state index in [-0.39, 0.29) is 18.5 Å². The van der Waals surface area contributed by atoms with E-state index in [4.69, 9.17) is 14.0 Å². The van der Waals surface area contributed by atoms with Gasteiger partial charge in [-0.15, -0.1) is 0 Å². The Labute approximate surface area is 160 Å². The summed E-state index contributed by atoms with van der Waals surface area (Å²) in [5.74, 6) is 0.655. The molecule has 2 aromatic carbocycles. The first-order chi connectivity index (χ1) is 13.6. The third-order valence-corrected chi connectivity index (χ3v) is 4.46. The number of nitrogens with zero attached hydrogens (tertiary/aromatic N) is 2. The molecule has 28 heavy (non-hydrogen) atoms. The van der Waals surface area contributed by atoms with E-state index >= 15 is 0 Å². The van der Waals surface area contributed by atoms with Crippen molar-refractivity contribution < 1.29 is 18.8 Å². The molecule has 8 heteroatoms.